The number of hydrogen-bond donors (Lipinski definition) is 0. The molecule has 0 amide bonds. The predicted molar refractivity (Wildman–Crippen MR) is 82.3 cm³/mol. The van der Waals surface area contributed by atoms with Crippen LogP contribution in [0.15, 0.2) is 30.3 Å². The molecular weight excluding hydrogens is 341 g/mol. The molecule has 2 rings (SSSR count). The molecule has 0 radical (unpaired) electrons. The Labute approximate surface area is 131 Å². The summed E-state index contributed by atoms with van der Waals surface area (Å²) in [5, 5.41) is 0. The Balaban J connectivity index is 2.54. The second-order valence-corrected chi connectivity index (χ2v) is 5.78. The Hall–Kier alpha value is -1.29. The summed E-state index contributed by atoms with van der Waals surface area (Å²) in [4.78, 5) is -0.506. The molecule has 4 heteroatoms. The molecular formula is C17H16BrF3. The Morgan fingerprint density at radius 3 is 2.24 bits per heavy atom. The van der Waals surface area contributed by atoms with Crippen molar-refractivity contribution >= 4 is 15.9 Å². The molecule has 0 fully saturated rings. The molecule has 0 nitrogen and oxygen atoms in total. The van der Waals surface area contributed by atoms with Crippen molar-refractivity contribution in [3.05, 3.63) is 70.0 Å². The molecule has 112 valence electrons. The van der Waals surface area contributed by atoms with Crippen molar-refractivity contribution < 1.29 is 13.2 Å². The van der Waals surface area contributed by atoms with Crippen LogP contribution in [-0.2, 0) is 12.8 Å². The van der Waals surface area contributed by atoms with Gasteiger partial charge in [0, 0.05) is 5.56 Å². The first-order valence-electron chi connectivity index (χ1n) is 6.88. The van der Waals surface area contributed by atoms with Crippen molar-refractivity contribution in [3.63, 3.8) is 0 Å². The lowest BCUT2D eigenvalue weighted by molar-refractivity contribution is 0.442. The van der Waals surface area contributed by atoms with Crippen molar-refractivity contribution in [3.8, 4) is 0 Å². The van der Waals surface area contributed by atoms with Gasteiger partial charge in [0.15, 0.2) is 17.5 Å². The van der Waals surface area contributed by atoms with Crippen molar-refractivity contribution in [1.82, 2.24) is 0 Å². The molecule has 0 aliphatic rings. The summed E-state index contributed by atoms with van der Waals surface area (Å²) in [5.41, 5.74) is 3.17. The molecule has 0 aliphatic heterocycles. The number of rotatable bonds is 4. The highest BCUT2D eigenvalue weighted by atomic mass is 79.9. The SMILES string of the molecule is CCc1ccc(CC)c(C(Br)c2ccc(F)c(F)c2F)c1. The van der Waals surface area contributed by atoms with E-state index in [1.807, 2.05) is 32.0 Å². The zero-order chi connectivity index (χ0) is 15.6. The molecule has 0 bridgehead atoms. The average molecular weight is 357 g/mol. The van der Waals surface area contributed by atoms with Gasteiger partial charge in [-0.15, -0.1) is 0 Å². The molecule has 0 spiro atoms. The van der Waals surface area contributed by atoms with Gasteiger partial charge >= 0.3 is 0 Å². The third-order valence-electron chi connectivity index (χ3n) is 3.61. The molecule has 0 N–H and O–H groups in total. The molecule has 0 saturated carbocycles. The van der Waals surface area contributed by atoms with E-state index in [-0.39, 0.29) is 5.56 Å². The topological polar surface area (TPSA) is 0 Å². The van der Waals surface area contributed by atoms with Crippen LogP contribution in [0.2, 0.25) is 0 Å². The van der Waals surface area contributed by atoms with Crippen molar-refractivity contribution in [1.29, 1.82) is 0 Å². The number of hydrogen-bond acceptors (Lipinski definition) is 0. The highest BCUT2D eigenvalue weighted by molar-refractivity contribution is 9.09. The van der Waals surface area contributed by atoms with E-state index in [0.29, 0.717) is 0 Å². The third-order valence-corrected chi connectivity index (χ3v) is 4.60. The maximum absolute atomic E-state index is 14.0. The van der Waals surface area contributed by atoms with Crippen molar-refractivity contribution in [2.75, 3.05) is 0 Å². The minimum Gasteiger partial charge on any atom is -0.204 e. The smallest absolute Gasteiger partial charge is 0.194 e. The Kier molecular flexibility index (Phi) is 5.09. The Morgan fingerprint density at radius 1 is 0.905 bits per heavy atom. The van der Waals surface area contributed by atoms with Gasteiger partial charge in [-0.1, -0.05) is 54.0 Å². The molecule has 2 aromatic rings. The van der Waals surface area contributed by atoms with Gasteiger partial charge in [-0.25, -0.2) is 13.2 Å². The van der Waals surface area contributed by atoms with Crippen molar-refractivity contribution in [2.45, 2.75) is 31.5 Å². The largest absolute Gasteiger partial charge is 0.204 e. The highest BCUT2D eigenvalue weighted by Crippen LogP contribution is 2.36. The Bertz CT molecular complexity index is 653. The fraction of sp³-hybridized carbons (Fsp3) is 0.294. The fourth-order valence-corrected chi connectivity index (χ4v) is 3.11. The van der Waals surface area contributed by atoms with Crippen LogP contribution < -0.4 is 0 Å². The van der Waals surface area contributed by atoms with E-state index in [2.05, 4.69) is 15.9 Å². The second kappa shape index (κ2) is 6.65. The lowest BCUT2D eigenvalue weighted by Gasteiger charge is -2.17. The first-order chi connectivity index (χ1) is 9.99. The number of halogens is 4. The van der Waals surface area contributed by atoms with E-state index in [1.165, 1.54) is 6.07 Å². The first kappa shape index (κ1) is 16.1. The number of alkyl halides is 1. The molecule has 0 heterocycles. The normalized spacial score (nSPS) is 12.5. The van der Waals surface area contributed by atoms with Crippen LogP contribution in [0.3, 0.4) is 0 Å². The van der Waals surface area contributed by atoms with Gasteiger partial charge in [-0.05, 0) is 35.6 Å². The van der Waals surface area contributed by atoms with Crippen LogP contribution in [0.4, 0.5) is 13.2 Å². The molecule has 1 atom stereocenters. The molecule has 1 unspecified atom stereocenters. The standard InChI is InChI=1S/C17H16BrF3/c1-3-10-5-6-11(4-2)13(9-10)15(18)12-7-8-14(19)17(21)16(12)20/h5-9,15H,3-4H2,1-2H3. The summed E-state index contributed by atoms with van der Waals surface area (Å²) in [7, 11) is 0. The Morgan fingerprint density at radius 2 is 1.62 bits per heavy atom. The molecule has 2 aromatic carbocycles. The van der Waals surface area contributed by atoms with Crippen LogP contribution in [0.5, 0.6) is 0 Å². The van der Waals surface area contributed by atoms with Gasteiger partial charge in [-0.2, -0.15) is 0 Å². The van der Waals surface area contributed by atoms with Gasteiger partial charge in [0.05, 0.1) is 4.83 Å². The summed E-state index contributed by atoms with van der Waals surface area (Å²) >= 11 is 3.43. The van der Waals surface area contributed by atoms with Gasteiger partial charge < -0.3 is 0 Å². The quantitative estimate of drug-likeness (QED) is 0.485. The molecule has 0 aliphatic carbocycles. The summed E-state index contributed by atoms with van der Waals surface area (Å²) < 4.78 is 40.5. The maximum Gasteiger partial charge on any atom is 0.194 e. The van der Waals surface area contributed by atoms with Crippen LogP contribution in [-0.4, -0.2) is 0 Å². The summed E-state index contributed by atoms with van der Waals surface area (Å²) in [6.45, 7) is 4.04. The van der Waals surface area contributed by atoms with Crippen molar-refractivity contribution in [2.24, 2.45) is 0 Å². The summed E-state index contributed by atoms with van der Waals surface area (Å²) in [6.07, 6.45) is 1.64. The van der Waals surface area contributed by atoms with Gasteiger partial charge in [-0.3, -0.25) is 0 Å². The zero-order valence-electron chi connectivity index (χ0n) is 11.9. The van der Waals surface area contributed by atoms with E-state index < -0.39 is 22.3 Å². The maximum atomic E-state index is 14.0. The first-order valence-corrected chi connectivity index (χ1v) is 7.80. The van der Waals surface area contributed by atoms with E-state index in [0.717, 1.165) is 35.6 Å². The highest BCUT2D eigenvalue weighted by Gasteiger charge is 2.22. The van der Waals surface area contributed by atoms with Crippen LogP contribution in [0.1, 0.15) is 40.9 Å². The van der Waals surface area contributed by atoms with E-state index in [4.69, 9.17) is 0 Å². The minimum absolute atomic E-state index is 0.108. The number of benzene rings is 2. The third kappa shape index (κ3) is 3.15. The van der Waals surface area contributed by atoms with Crippen LogP contribution in [0.25, 0.3) is 0 Å². The summed E-state index contributed by atoms with van der Waals surface area (Å²) in [6, 6.07) is 8.26. The second-order valence-electron chi connectivity index (χ2n) is 4.87. The molecule has 21 heavy (non-hydrogen) atoms. The lowest BCUT2D eigenvalue weighted by Crippen LogP contribution is -2.04. The predicted octanol–water partition coefficient (Wildman–Crippen LogP) is 5.71. The van der Waals surface area contributed by atoms with Gasteiger partial charge in [0.1, 0.15) is 0 Å². The van der Waals surface area contributed by atoms with Gasteiger partial charge in [0.25, 0.3) is 0 Å². The fourth-order valence-electron chi connectivity index (χ4n) is 2.33. The minimum atomic E-state index is -1.43. The van der Waals surface area contributed by atoms with Crippen LogP contribution in [0, 0.1) is 17.5 Å². The lowest BCUT2D eigenvalue weighted by atomic mass is 9.95. The molecule has 0 saturated heterocycles. The van der Waals surface area contributed by atoms with Gasteiger partial charge in [0.2, 0.25) is 0 Å². The zero-order valence-corrected chi connectivity index (χ0v) is 13.5. The number of aryl methyl sites for hydroxylation is 2. The monoisotopic (exact) mass is 356 g/mol. The van der Waals surface area contributed by atoms with E-state index in [9.17, 15) is 13.2 Å². The average Bonchev–Trinajstić information content (AvgIpc) is 2.51. The van der Waals surface area contributed by atoms with E-state index in [1.54, 1.807) is 0 Å². The van der Waals surface area contributed by atoms with E-state index >= 15 is 0 Å². The van der Waals surface area contributed by atoms with Crippen LogP contribution >= 0.6 is 15.9 Å². The molecule has 0 aromatic heterocycles. The summed E-state index contributed by atoms with van der Waals surface area (Å²) in [5.74, 6) is -3.74.